The number of rotatable bonds is 4. The van der Waals surface area contributed by atoms with E-state index in [4.69, 9.17) is 25.8 Å². The highest BCUT2D eigenvalue weighted by Crippen LogP contribution is 2.50. The Morgan fingerprint density at radius 3 is 0.887 bits per heavy atom. The summed E-state index contributed by atoms with van der Waals surface area (Å²) >= 11 is 0. The van der Waals surface area contributed by atoms with E-state index in [1.54, 1.807) is 0 Å². The van der Waals surface area contributed by atoms with Gasteiger partial charge in [-0.2, -0.15) is 0 Å². The predicted molar refractivity (Wildman–Crippen MR) is 259 cm³/mol. The van der Waals surface area contributed by atoms with Crippen molar-refractivity contribution in [3.05, 3.63) is 169 Å². The van der Waals surface area contributed by atoms with Crippen LogP contribution in [0.4, 0.5) is 0 Å². The molecule has 0 radical (unpaired) electrons. The van der Waals surface area contributed by atoms with Crippen molar-refractivity contribution in [2.45, 2.75) is 52.4 Å². The van der Waals surface area contributed by atoms with Crippen LogP contribution in [0.15, 0.2) is 175 Å². The van der Waals surface area contributed by atoms with Crippen molar-refractivity contribution >= 4 is 103 Å². The van der Waals surface area contributed by atoms with Gasteiger partial charge in [-0.3, -0.25) is 0 Å². The Kier molecular flexibility index (Phi) is 8.98. The molecule has 306 valence electrons. The predicted octanol–water partition coefficient (Wildman–Crippen LogP) is 17.8. The first kappa shape index (κ1) is 38.3. The lowest BCUT2D eigenvalue weighted by Gasteiger charge is -2.28. The standard InChI is InChI=1S/C54H44O6P2/c1-53(2,3)41-31-42(54(4,5)6)48(60-62-57-45-29-25-35-17-9-13-21-39(35)51(45)52-40-22-14-10-18-36(40)26-30-46(52)58-62)32-47(41)59-61-55-43-27-23-33-15-7-11-19-37(33)49(43)50-38-20-12-8-16-34(38)24-28-44(50)56-61/h7-32H,1-6H3. The molecule has 0 saturated carbocycles. The van der Waals surface area contributed by atoms with Crippen LogP contribution in [0.25, 0.3) is 87.0 Å². The van der Waals surface area contributed by atoms with Crippen molar-refractivity contribution in [1.29, 1.82) is 0 Å². The molecule has 0 amide bonds. The van der Waals surface area contributed by atoms with Gasteiger partial charge in [0.25, 0.3) is 0 Å². The monoisotopic (exact) mass is 850 g/mol. The first-order valence-electron chi connectivity index (χ1n) is 20.9. The highest BCUT2D eigenvalue weighted by Gasteiger charge is 2.29. The van der Waals surface area contributed by atoms with E-state index in [9.17, 15) is 0 Å². The summed E-state index contributed by atoms with van der Waals surface area (Å²) in [6, 6.07) is 54.3. The molecule has 9 aromatic carbocycles. The summed E-state index contributed by atoms with van der Waals surface area (Å²) in [6.07, 6.45) is 0. The Bertz CT molecular complexity index is 3250. The Hall–Kier alpha value is -6.58. The maximum absolute atomic E-state index is 7.03. The van der Waals surface area contributed by atoms with Crippen LogP contribution >= 0.6 is 16.5 Å². The zero-order chi connectivity index (χ0) is 42.3. The van der Waals surface area contributed by atoms with E-state index in [1.165, 1.54) is 0 Å². The van der Waals surface area contributed by atoms with E-state index in [0.29, 0.717) is 33.8 Å². The smallest absolute Gasteiger partial charge is 0.390 e. The molecule has 0 N–H and O–H groups in total. The second kappa shape index (κ2) is 14.5. The summed E-state index contributed by atoms with van der Waals surface area (Å²) in [4.78, 5) is 0. The third-order valence-corrected chi connectivity index (χ3v) is 13.9. The maximum Gasteiger partial charge on any atom is 0.453 e. The molecule has 11 aromatic rings. The molecule has 0 saturated heterocycles. The van der Waals surface area contributed by atoms with Crippen LogP contribution in [-0.4, -0.2) is 0 Å². The zero-order valence-corrected chi connectivity index (χ0v) is 37.1. The fourth-order valence-corrected chi connectivity index (χ4v) is 10.9. The van der Waals surface area contributed by atoms with Gasteiger partial charge >= 0.3 is 16.5 Å². The van der Waals surface area contributed by atoms with E-state index < -0.39 is 16.5 Å². The Morgan fingerprint density at radius 2 is 0.613 bits per heavy atom. The first-order chi connectivity index (χ1) is 30.0. The molecule has 0 bridgehead atoms. The average molecular weight is 851 g/mol. The largest absolute Gasteiger partial charge is 0.453 e. The lowest BCUT2D eigenvalue weighted by molar-refractivity contribution is 0.458. The Labute approximate surface area is 360 Å². The molecule has 8 heteroatoms. The highest BCUT2D eigenvalue weighted by atomic mass is 31.1. The quantitative estimate of drug-likeness (QED) is 0.176. The topological polar surface area (TPSA) is 71.0 Å². The van der Waals surface area contributed by atoms with Gasteiger partial charge in [0.05, 0.1) is 0 Å². The SMILES string of the molecule is CC(C)(C)c1cc(C(C)(C)C)c(Op2oc3ccc4ccccc4c3c3c(ccc4ccccc43)o2)cc1Op1oc2ccc3ccccc3c2c2c(ccc3ccccc32)o1. The summed E-state index contributed by atoms with van der Waals surface area (Å²) in [5, 5.41) is 12.7. The van der Waals surface area contributed by atoms with Gasteiger partial charge in [-0.15, -0.1) is 0 Å². The van der Waals surface area contributed by atoms with Gasteiger partial charge in [-0.1, -0.05) is 163 Å². The van der Waals surface area contributed by atoms with Gasteiger partial charge in [0.15, 0.2) is 0 Å². The molecule has 62 heavy (non-hydrogen) atoms. The number of benzene rings is 9. The van der Waals surface area contributed by atoms with Crippen molar-refractivity contribution in [3.63, 3.8) is 0 Å². The van der Waals surface area contributed by atoms with E-state index in [1.807, 2.05) is 30.3 Å². The number of hydrogen-bond acceptors (Lipinski definition) is 6. The van der Waals surface area contributed by atoms with Gasteiger partial charge < -0.3 is 25.8 Å². The molecule has 6 nitrogen and oxygen atoms in total. The minimum absolute atomic E-state index is 0.322. The fraction of sp³-hybridized carbons (Fsp3) is 0.148. The molecule has 0 aliphatic rings. The van der Waals surface area contributed by atoms with Gasteiger partial charge in [0, 0.05) is 38.7 Å². The number of hydrogen-bond donors (Lipinski definition) is 0. The summed E-state index contributed by atoms with van der Waals surface area (Å²) < 4.78 is 41.5. The van der Waals surface area contributed by atoms with Crippen molar-refractivity contribution in [2.24, 2.45) is 0 Å². The lowest BCUT2D eigenvalue weighted by Crippen LogP contribution is -2.18. The van der Waals surface area contributed by atoms with Crippen LogP contribution in [0.2, 0.25) is 0 Å². The minimum atomic E-state index is -2.01. The second-order valence-corrected chi connectivity index (χ2v) is 20.0. The molecule has 0 aliphatic heterocycles. The molecule has 0 aliphatic carbocycles. The third kappa shape index (κ3) is 6.57. The van der Waals surface area contributed by atoms with E-state index in [-0.39, 0.29) is 10.8 Å². The molecule has 0 spiro atoms. The van der Waals surface area contributed by atoms with Crippen LogP contribution in [-0.2, 0) is 10.8 Å². The second-order valence-electron chi connectivity index (χ2n) is 18.0. The van der Waals surface area contributed by atoms with E-state index in [0.717, 1.165) is 75.8 Å². The highest BCUT2D eigenvalue weighted by molar-refractivity contribution is 7.32. The molecule has 0 unspecified atom stereocenters. The molecule has 0 fully saturated rings. The lowest BCUT2D eigenvalue weighted by atomic mass is 9.80. The van der Waals surface area contributed by atoms with Crippen molar-refractivity contribution in [1.82, 2.24) is 0 Å². The summed E-state index contributed by atoms with van der Waals surface area (Å²) in [5.41, 5.74) is 4.15. The summed E-state index contributed by atoms with van der Waals surface area (Å²) in [6.45, 7) is 13.2. The fourth-order valence-electron chi connectivity index (χ4n) is 8.82. The zero-order valence-electron chi connectivity index (χ0n) is 35.4. The molecular formula is C54H44O6P2. The first-order valence-corrected chi connectivity index (χ1v) is 23.1. The van der Waals surface area contributed by atoms with Gasteiger partial charge in [0.1, 0.15) is 33.8 Å². The summed E-state index contributed by atoms with van der Waals surface area (Å²) in [7, 11) is -4.02. The van der Waals surface area contributed by atoms with Crippen molar-refractivity contribution in [2.75, 3.05) is 0 Å². The van der Waals surface area contributed by atoms with Crippen LogP contribution in [0, 0.1) is 0 Å². The molecule has 2 heterocycles. The van der Waals surface area contributed by atoms with Gasteiger partial charge in [-0.05, 0) is 84.3 Å². The number of fused-ring (bicyclic) bond motifs is 14. The van der Waals surface area contributed by atoms with Crippen molar-refractivity contribution < 1.29 is 25.8 Å². The van der Waals surface area contributed by atoms with Gasteiger partial charge in [-0.25, -0.2) is 0 Å². The molecular weight excluding hydrogens is 807 g/mol. The van der Waals surface area contributed by atoms with E-state index in [2.05, 4.69) is 169 Å². The molecule has 0 atom stereocenters. The molecule has 2 aromatic heterocycles. The Balaban J connectivity index is 1.14. The Morgan fingerprint density at radius 1 is 0.339 bits per heavy atom. The molecule has 11 rings (SSSR count). The van der Waals surface area contributed by atoms with Crippen LogP contribution in [0.5, 0.6) is 11.5 Å². The average Bonchev–Trinajstić information content (AvgIpc) is 3.53. The van der Waals surface area contributed by atoms with Gasteiger partial charge in [0.2, 0.25) is 0 Å². The maximum atomic E-state index is 7.03. The third-order valence-electron chi connectivity index (χ3n) is 11.8. The minimum Gasteiger partial charge on any atom is -0.390 e. The summed E-state index contributed by atoms with van der Waals surface area (Å²) in [5.74, 6) is 1.20. The van der Waals surface area contributed by atoms with Crippen molar-refractivity contribution in [3.8, 4) is 11.5 Å². The van der Waals surface area contributed by atoms with E-state index >= 15 is 0 Å². The van der Waals surface area contributed by atoms with Crippen LogP contribution in [0.1, 0.15) is 52.7 Å². The normalized spacial score (nSPS) is 12.4. The van der Waals surface area contributed by atoms with Crippen LogP contribution in [0.3, 0.4) is 0 Å². The van der Waals surface area contributed by atoms with Crippen LogP contribution < -0.4 is 9.05 Å².